The Morgan fingerprint density at radius 3 is 2.41 bits per heavy atom. The topological polar surface area (TPSA) is 79.1 Å². The lowest BCUT2D eigenvalue weighted by Gasteiger charge is -2.34. The fourth-order valence-corrected chi connectivity index (χ4v) is 5.36. The number of pyridine rings is 1. The first-order valence-electron chi connectivity index (χ1n) is 13.6. The van der Waals surface area contributed by atoms with Crippen molar-refractivity contribution in [3.63, 3.8) is 0 Å². The molecule has 0 N–H and O–H groups in total. The lowest BCUT2D eigenvalue weighted by molar-refractivity contribution is 0.0590. The fraction of sp³-hybridized carbons (Fsp3) is 0.323. The molecule has 6 rings (SSSR count). The molecule has 2 saturated heterocycles. The smallest absolute Gasteiger partial charge is 0.289 e. The number of hydrogen-bond acceptors (Lipinski definition) is 6. The van der Waals surface area contributed by atoms with Gasteiger partial charge in [0.2, 0.25) is 0 Å². The predicted octanol–water partition coefficient (Wildman–Crippen LogP) is 4.47. The summed E-state index contributed by atoms with van der Waals surface area (Å²) in [6, 6.07) is 23.3. The third kappa shape index (κ3) is 5.81. The first kappa shape index (κ1) is 25.1. The van der Waals surface area contributed by atoms with E-state index in [-0.39, 0.29) is 17.9 Å². The number of carbonyl (C=O) groups excluding carboxylic acids is 2. The number of aromatic nitrogens is 1. The molecule has 0 unspecified atom stereocenters. The van der Waals surface area contributed by atoms with Crippen LogP contribution in [0.3, 0.4) is 0 Å². The largest absolute Gasteiger partial charge is 0.490 e. The maximum atomic E-state index is 13.1. The maximum Gasteiger partial charge on any atom is 0.289 e. The Bertz CT molecular complexity index is 1440. The molecule has 4 heterocycles. The van der Waals surface area contributed by atoms with Gasteiger partial charge in [-0.2, -0.15) is 0 Å². The highest BCUT2D eigenvalue weighted by atomic mass is 16.5. The van der Waals surface area contributed by atoms with Gasteiger partial charge in [-0.15, -0.1) is 0 Å². The van der Waals surface area contributed by atoms with Crippen LogP contribution < -0.4 is 4.74 Å². The van der Waals surface area contributed by atoms with Crippen LogP contribution in [0.5, 0.6) is 5.75 Å². The van der Waals surface area contributed by atoms with Crippen LogP contribution in [0.25, 0.3) is 10.9 Å². The van der Waals surface area contributed by atoms with Crippen molar-refractivity contribution in [2.75, 3.05) is 39.3 Å². The average Bonchev–Trinajstić information content (AvgIpc) is 3.53. The summed E-state index contributed by atoms with van der Waals surface area (Å²) in [5.41, 5.74) is 2.52. The van der Waals surface area contributed by atoms with Crippen molar-refractivity contribution in [3.05, 3.63) is 96.1 Å². The second-order valence-electron chi connectivity index (χ2n) is 10.2. The number of hydrogen-bond donors (Lipinski definition) is 0. The number of nitrogens with zero attached hydrogens (tertiary/aromatic N) is 4. The molecule has 0 spiro atoms. The van der Waals surface area contributed by atoms with Gasteiger partial charge in [0.1, 0.15) is 17.5 Å². The average molecular weight is 525 g/mol. The normalized spacial score (nSPS) is 16.9. The summed E-state index contributed by atoms with van der Waals surface area (Å²) >= 11 is 0. The van der Waals surface area contributed by atoms with Gasteiger partial charge in [0.25, 0.3) is 11.8 Å². The minimum Gasteiger partial charge on any atom is -0.490 e. The highest BCUT2D eigenvalue weighted by Gasteiger charge is 2.26. The third-order valence-corrected chi connectivity index (χ3v) is 7.55. The molecule has 0 aliphatic carbocycles. The highest BCUT2D eigenvalue weighted by molar-refractivity contribution is 5.95. The standard InChI is InChI=1S/C31H32N4O4/c36-30(28-11-10-24-6-1-2-8-27(24)32-28)34-14-12-25(13-15-34)39-26-7-3-5-23(21-26)22-33-16-18-35(19-17-33)31(37)29-9-4-20-38-29/h1-11,20-21,25H,12-19,22H2. The minimum atomic E-state index is -0.0451. The van der Waals surface area contributed by atoms with Crippen molar-refractivity contribution in [3.8, 4) is 5.75 Å². The number of carbonyl (C=O) groups is 2. The van der Waals surface area contributed by atoms with E-state index in [4.69, 9.17) is 9.15 Å². The van der Waals surface area contributed by atoms with Crippen LogP contribution in [0.15, 0.2) is 83.5 Å². The van der Waals surface area contributed by atoms with Crippen molar-refractivity contribution >= 4 is 22.7 Å². The molecule has 2 aromatic heterocycles. The summed E-state index contributed by atoms with van der Waals surface area (Å²) in [7, 11) is 0. The molecule has 2 amide bonds. The van der Waals surface area contributed by atoms with Crippen LogP contribution in [-0.4, -0.2) is 76.9 Å². The van der Waals surface area contributed by atoms with Gasteiger partial charge in [0.05, 0.1) is 11.8 Å². The number of benzene rings is 2. The number of rotatable bonds is 6. The summed E-state index contributed by atoms with van der Waals surface area (Å²) in [6.07, 6.45) is 3.18. The lowest BCUT2D eigenvalue weighted by Crippen LogP contribution is -2.48. The van der Waals surface area contributed by atoms with E-state index in [2.05, 4.69) is 22.0 Å². The molecule has 4 aromatic rings. The van der Waals surface area contributed by atoms with Crippen molar-refractivity contribution in [1.29, 1.82) is 0 Å². The van der Waals surface area contributed by atoms with Gasteiger partial charge in [-0.05, 0) is 42.0 Å². The van der Waals surface area contributed by atoms with Crippen LogP contribution in [0, 0.1) is 0 Å². The van der Waals surface area contributed by atoms with E-state index in [1.165, 1.54) is 11.8 Å². The molecule has 0 radical (unpaired) electrons. The zero-order valence-corrected chi connectivity index (χ0v) is 21.9. The van der Waals surface area contributed by atoms with E-state index >= 15 is 0 Å². The summed E-state index contributed by atoms with van der Waals surface area (Å²) in [5, 5.41) is 1.03. The van der Waals surface area contributed by atoms with E-state index in [1.54, 1.807) is 12.1 Å². The Kier molecular flexibility index (Phi) is 7.27. The Hall–Kier alpha value is -4.17. The second kappa shape index (κ2) is 11.3. The van der Waals surface area contributed by atoms with Crippen molar-refractivity contribution in [1.82, 2.24) is 19.7 Å². The molecule has 2 fully saturated rings. The number of para-hydroxylation sites is 1. The summed E-state index contributed by atoms with van der Waals surface area (Å²) in [4.78, 5) is 36.2. The quantitative estimate of drug-likeness (QED) is 0.370. The van der Waals surface area contributed by atoms with Crippen molar-refractivity contribution in [2.24, 2.45) is 0 Å². The van der Waals surface area contributed by atoms with Gasteiger partial charge >= 0.3 is 0 Å². The van der Waals surface area contributed by atoms with Gasteiger partial charge in [0.15, 0.2) is 5.76 Å². The number of likely N-dealkylation sites (tertiary alicyclic amines) is 1. The van der Waals surface area contributed by atoms with Crippen LogP contribution in [0.2, 0.25) is 0 Å². The van der Waals surface area contributed by atoms with Gasteiger partial charge in [0, 0.05) is 64.0 Å². The Morgan fingerprint density at radius 2 is 1.62 bits per heavy atom. The van der Waals surface area contributed by atoms with Crippen LogP contribution >= 0.6 is 0 Å². The zero-order chi connectivity index (χ0) is 26.6. The predicted molar refractivity (Wildman–Crippen MR) is 148 cm³/mol. The van der Waals surface area contributed by atoms with Gasteiger partial charge in [-0.3, -0.25) is 14.5 Å². The lowest BCUT2D eigenvalue weighted by atomic mass is 10.1. The number of amides is 2. The van der Waals surface area contributed by atoms with Crippen LogP contribution in [-0.2, 0) is 6.54 Å². The fourth-order valence-electron chi connectivity index (χ4n) is 5.36. The Labute approximate surface area is 227 Å². The van der Waals surface area contributed by atoms with E-state index in [0.717, 1.165) is 49.1 Å². The molecule has 8 nitrogen and oxygen atoms in total. The van der Waals surface area contributed by atoms with E-state index < -0.39 is 0 Å². The third-order valence-electron chi connectivity index (χ3n) is 7.55. The molecular weight excluding hydrogens is 492 g/mol. The number of furan rings is 1. The molecule has 0 atom stereocenters. The van der Waals surface area contributed by atoms with Crippen molar-refractivity contribution < 1.29 is 18.7 Å². The van der Waals surface area contributed by atoms with Crippen LogP contribution in [0.4, 0.5) is 0 Å². The zero-order valence-electron chi connectivity index (χ0n) is 21.9. The first-order chi connectivity index (χ1) is 19.1. The molecule has 200 valence electrons. The number of ether oxygens (including phenoxy) is 1. The highest BCUT2D eigenvalue weighted by Crippen LogP contribution is 2.23. The number of piperidine rings is 1. The SMILES string of the molecule is O=C(c1ccc2ccccc2n1)N1CCC(Oc2cccc(CN3CCN(C(=O)c4ccco4)CC3)c2)CC1. The summed E-state index contributed by atoms with van der Waals surface area (Å²) < 4.78 is 11.6. The van der Waals surface area contributed by atoms with Gasteiger partial charge < -0.3 is 19.0 Å². The molecule has 0 bridgehead atoms. The maximum absolute atomic E-state index is 13.1. The number of fused-ring (bicyclic) bond motifs is 1. The van der Waals surface area contributed by atoms with E-state index in [1.807, 2.05) is 58.3 Å². The monoisotopic (exact) mass is 524 g/mol. The Balaban J connectivity index is 0.985. The molecule has 8 heteroatoms. The summed E-state index contributed by atoms with van der Waals surface area (Å²) in [5.74, 6) is 1.19. The summed E-state index contributed by atoms with van der Waals surface area (Å²) in [6.45, 7) is 5.11. The molecule has 2 aliphatic rings. The van der Waals surface area contributed by atoms with Gasteiger partial charge in [-0.25, -0.2) is 4.98 Å². The minimum absolute atomic E-state index is 0.0212. The second-order valence-corrected chi connectivity index (χ2v) is 10.2. The number of piperazine rings is 1. The van der Waals surface area contributed by atoms with E-state index in [9.17, 15) is 9.59 Å². The first-order valence-corrected chi connectivity index (χ1v) is 13.6. The van der Waals surface area contributed by atoms with E-state index in [0.29, 0.717) is 37.6 Å². The molecule has 39 heavy (non-hydrogen) atoms. The molecular formula is C31H32N4O4. The molecule has 0 saturated carbocycles. The van der Waals surface area contributed by atoms with Gasteiger partial charge in [-0.1, -0.05) is 36.4 Å². The molecule has 2 aromatic carbocycles. The van der Waals surface area contributed by atoms with Crippen molar-refractivity contribution in [2.45, 2.75) is 25.5 Å². The Morgan fingerprint density at radius 1 is 0.821 bits per heavy atom. The van der Waals surface area contributed by atoms with Crippen LogP contribution in [0.1, 0.15) is 39.4 Å². The molecule has 2 aliphatic heterocycles.